The molecule has 0 saturated carbocycles. The molecule has 2 aromatic rings. The van der Waals surface area contributed by atoms with E-state index in [0.717, 1.165) is 5.56 Å². The number of aryl methyl sites for hydroxylation is 1. The fourth-order valence-corrected chi connectivity index (χ4v) is 2.22. The summed E-state index contributed by atoms with van der Waals surface area (Å²) in [6.07, 6.45) is 0. The first-order valence-corrected chi connectivity index (χ1v) is 6.04. The number of aromatic nitrogens is 1. The number of carbonyl (C=O) groups is 1. The number of rotatable bonds is 3. The molecular formula is C14H16N2O4. The summed E-state index contributed by atoms with van der Waals surface area (Å²) in [5.41, 5.74) is 1.57. The Morgan fingerprint density at radius 3 is 2.50 bits per heavy atom. The standard InChI is InChI=1S/C14H16N2O4/c1-7-5-11(18)16-13-10(19-3)6-9(15-8(2)17)14(20-4)12(7)13/h5-6H,1-4H3,(H,15,17)(H,16,18). The van der Waals surface area contributed by atoms with E-state index >= 15 is 0 Å². The third kappa shape index (κ3) is 2.32. The van der Waals surface area contributed by atoms with E-state index in [1.807, 2.05) is 0 Å². The van der Waals surface area contributed by atoms with Crippen molar-refractivity contribution in [2.24, 2.45) is 0 Å². The van der Waals surface area contributed by atoms with E-state index < -0.39 is 0 Å². The molecule has 6 nitrogen and oxygen atoms in total. The lowest BCUT2D eigenvalue weighted by Gasteiger charge is -2.16. The number of hydrogen-bond acceptors (Lipinski definition) is 4. The van der Waals surface area contributed by atoms with Crippen LogP contribution in [-0.2, 0) is 4.79 Å². The van der Waals surface area contributed by atoms with Crippen molar-refractivity contribution >= 4 is 22.5 Å². The number of benzene rings is 1. The van der Waals surface area contributed by atoms with Gasteiger partial charge in [0.15, 0.2) is 5.75 Å². The maximum atomic E-state index is 11.6. The zero-order valence-electron chi connectivity index (χ0n) is 11.8. The Morgan fingerprint density at radius 2 is 1.95 bits per heavy atom. The molecule has 0 unspecified atom stereocenters. The first-order chi connectivity index (χ1) is 9.47. The lowest BCUT2D eigenvalue weighted by Crippen LogP contribution is -2.10. The van der Waals surface area contributed by atoms with Crippen molar-refractivity contribution in [3.05, 3.63) is 28.0 Å². The SMILES string of the molecule is COc1cc(NC(C)=O)c(OC)c2c(C)cc(=O)[nH]c12. The molecule has 0 bridgehead atoms. The van der Waals surface area contributed by atoms with Crippen LogP contribution in [0.4, 0.5) is 5.69 Å². The Labute approximate surface area is 115 Å². The topological polar surface area (TPSA) is 80.4 Å². The van der Waals surface area contributed by atoms with Gasteiger partial charge in [-0.2, -0.15) is 0 Å². The van der Waals surface area contributed by atoms with E-state index in [2.05, 4.69) is 10.3 Å². The Morgan fingerprint density at radius 1 is 1.25 bits per heavy atom. The van der Waals surface area contributed by atoms with Crippen LogP contribution in [-0.4, -0.2) is 25.1 Å². The third-order valence-electron chi connectivity index (χ3n) is 2.97. The first-order valence-electron chi connectivity index (χ1n) is 6.04. The first kappa shape index (κ1) is 13.9. The number of ether oxygens (including phenoxy) is 2. The molecule has 106 valence electrons. The summed E-state index contributed by atoms with van der Waals surface area (Å²) in [5, 5.41) is 3.40. The van der Waals surface area contributed by atoms with E-state index in [0.29, 0.717) is 28.1 Å². The van der Waals surface area contributed by atoms with E-state index in [9.17, 15) is 9.59 Å². The molecule has 0 aliphatic carbocycles. The van der Waals surface area contributed by atoms with Crippen LogP contribution in [0.3, 0.4) is 0 Å². The molecular weight excluding hydrogens is 260 g/mol. The second kappa shape index (κ2) is 5.24. The molecule has 0 saturated heterocycles. The molecule has 2 N–H and O–H groups in total. The second-order valence-electron chi connectivity index (χ2n) is 4.41. The van der Waals surface area contributed by atoms with Gasteiger partial charge in [0.05, 0.1) is 25.4 Å². The number of aromatic amines is 1. The summed E-state index contributed by atoms with van der Waals surface area (Å²) in [6.45, 7) is 3.22. The molecule has 0 aliphatic rings. The third-order valence-corrected chi connectivity index (χ3v) is 2.97. The summed E-state index contributed by atoms with van der Waals surface area (Å²) < 4.78 is 10.7. The number of amides is 1. The highest BCUT2D eigenvalue weighted by molar-refractivity contribution is 6.01. The zero-order chi connectivity index (χ0) is 14.9. The minimum atomic E-state index is -0.220. The largest absolute Gasteiger partial charge is 0.494 e. The molecule has 0 spiro atoms. The van der Waals surface area contributed by atoms with Gasteiger partial charge < -0.3 is 19.8 Å². The lowest BCUT2D eigenvalue weighted by molar-refractivity contribution is -0.114. The van der Waals surface area contributed by atoms with Gasteiger partial charge in [-0.05, 0) is 12.5 Å². The van der Waals surface area contributed by atoms with Crippen molar-refractivity contribution in [2.45, 2.75) is 13.8 Å². The number of pyridine rings is 1. The molecule has 2 rings (SSSR count). The highest BCUT2D eigenvalue weighted by atomic mass is 16.5. The molecule has 1 aromatic heterocycles. The van der Waals surface area contributed by atoms with Crippen molar-refractivity contribution in [2.75, 3.05) is 19.5 Å². The second-order valence-corrected chi connectivity index (χ2v) is 4.41. The Kier molecular flexibility index (Phi) is 3.65. The molecule has 6 heteroatoms. The summed E-state index contributed by atoms with van der Waals surface area (Å²) in [4.78, 5) is 25.6. The van der Waals surface area contributed by atoms with Crippen LogP contribution in [0.5, 0.6) is 11.5 Å². The number of hydrogen-bond donors (Lipinski definition) is 2. The van der Waals surface area contributed by atoms with Gasteiger partial charge in [-0.1, -0.05) is 0 Å². The monoisotopic (exact) mass is 276 g/mol. The minimum absolute atomic E-state index is 0.216. The van der Waals surface area contributed by atoms with Gasteiger partial charge in [0.2, 0.25) is 11.5 Å². The molecule has 0 atom stereocenters. The Bertz CT molecular complexity index is 734. The maximum absolute atomic E-state index is 11.6. The number of anilines is 1. The van der Waals surface area contributed by atoms with E-state index in [1.165, 1.54) is 27.2 Å². The minimum Gasteiger partial charge on any atom is -0.494 e. The van der Waals surface area contributed by atoms with Gasteiger partial charge in [0, 0.05) is 24.4 Å². The Hall–Kier alpha value is -2.50. The number of nitrogens with one attached hydrogen (secondary N) is 2. The summed E-state index contributed by atoms with van der Waals surface area (Å²) >= 11 is 0. The molecule has 1 aromatic carbocycles. The number of carbonyl (C=O) groups excluding carboxylic acids is 1. The van der Waals surface area contributed by atoms with Gasteiger partial charge in [0.1, 0.15) is 5.75 Å². The summed E-state index contributed by atoms with van der Waals surface area (Å²) in [6, 6.07) is 3.10. The van der Waals surface area contributed by atoms with Crippen molar-refractivity contribution in [1.82, 2.24) is 4.98 Å². The Balaban J connectivity index is 2.91. The van der Waals surface area contributed by atoms with Gasteiger partial charge in [-0.25, -0.2) is 0 Å². The van der Waals surface area contributed by atoms with E-state index in [-0.39, 0.29) is 11.5 Å². The molecule has 1 amide bonds. The molecule has 0 aliphatic heterocycles. The van der Waals surface area contributed by atoms with Gasteiger partial charge in [-0.15, -0.1) is 0 Å². The summed E-state index contributed by atoms with van der Waals surface area (Å²) in [5.74, 6) is 0.738. The smallest absolute Gasteiger partial charge is 0.248 e. The normalized spacial score (nSPS) is 10.4. The van der Waals surface area contributed by atoms with Crippen molar-refractivity contribution in [1.29, 1.82) is 0 Å². The van der Waals surface area contributed by atoms with Crippen LogP contribution < -0.4 is 20.3 Å². The zero-order valence-corrected chi connectivity index (χ0v) is 11.8. The average molecular weight is 276 g/mol. The average Bonchev–Trinajstić information content (AvgIpc) is 2.37. The van der Waals surface area contributed by atoms with Gasteiger partial charge in [0.25, 0.3) is 0 Å². The van der Waals surface area contributed by atoms with Gasteiger partial charge >= 0.3 is 0 Å². The van der Waals surface area contributed by atoms with Crippen molar-refractivity contribution < 1.29 is 14.3 Å². The summed E-state index contributed by atoms with van der Waals surface area (Å²) in [7, 11) is 3.01. The van der Waals surface area contributed by atoms with Crippen LogP contribution in [0, 0.1) is 6.92 Å². The van der Waals surface area contributed by atoms with Crippen molar-refractivity contribution in [3.63, 3.8) is 0 Å². The number of methoxy groups -OCH3 is 2. The predicted octanol–water partition coefficient (Wildman–Crippen LogP) is 1.81. The molecule has 0 fully saturated rings. The van der Waals surface area contributed by atoms with Crippen LogP contribution in [0.1, 0.15) is 12.5 Å². The van der Waals surface area contributed by atoms with Crippen LogP contribution in [0.15, 0.2) is 16.9 Å². The lowest BCUT2D eigenvalue weighted by atomic mass is 10.1. The molecule has 20 heavy (non-hydrogen) atoms. The van der Waals surface area contributed by atoms with Crippen LogP contribution >= 0.6 is 0 Å². The van der Waals surface area contributed by atoms with Crippen LogP contribution in [0.25, 0.3) is 10.9 Å². The predicted molar refractivity (Wildman–Crippen MR) is 76.7 cm³/mol. The van der Waals surface area contributed by atoms with E-state index in [1.54, 1.807) is 13.0 Å². The highest BCUT2D eigenvalue weighted by Crippen LogP contribution is 2.39. The fourth-order valence-electron chi connectivity index (χ4n) is 2.22. The number of fused-ring (bicyclic) bond motifs is 1. The highest BCUT2D eigenvalue weighted by Gasteiger charge is 2.17. The fraction of sp³-hybridized carbons (Fsp3) is 0.286. The van der Waals surface area contributed by atoms with Crippen molar-refractivity contribution in [3.8, 4) is 11.5 Å². The van der Waals surface area contributed by atoms with Crippen LogP contribution in [0.2, 0.25) is 0 Å². The quantitative estimate of drug-likeness (QED) is 0.896. The maximum Gasteiger partial charge on any atom is 0.248 e. The number of H-pyrrole nitrogens is 1. The molecule has 1 heterocycles. The van der Waals surface area contributed by atoms with Gasteiger partial charge in [-0.3, -0.25) is 9.59 Å². The van der Waals surface area contributed by atoms with E-state index in [4.69, 9.17) is 9.47 Å². The molecule has 0 radical (unpaired) electrons.